The van der Waals surface area contributed by atoms with E-state index in [9.17, 15) is 9.18 Å². The van der Waals surface area contributed by atoms with Crippen LogP contribution in [0.2, 0.25) is 0 Å². The van der Waals surface area contributed by atoms with Crippen LogP contribution in [0.5, 0.6) is 0 Å². The molecule has 0 spiro atoms. The first-order valence-corrected chi connectivity index (χ1v) is 6.86. The van der Waals surface area contributed by atoms with E-state index in [2.05, 4.69) is 5.32 Å². The fourth-order valence-corrected chi connectivity index (χ4v) is 2.39. The van der Waals surface area contributed by atoms with Crippen LogP contribution in [0.1, 0.15) is 13.3 Å². The number of nitrogens with one attached hydrogen (secondary N) is 1. The summed E-state index contributed by atoms with van der Waals surface area (Å²) in [5.41, 5.74) is 0. The van der Waals surface area contributed by atoms with Crippen molar-refractivity contribution in [3.63, 3.8) is 0 Å². The third-order valence-electron chi connectivity index (χ3n) is 2.37. The molecule has 0 amide bonds. The number of ether oxygens (including phenoxy) is 1. The number of halogens is 1. The Labute approximate surface area is 111 Å². The van der Waals surface area contributed by atoms with E-state index in [1.165, 1.54) is 24.9 Å². The molecule has 1 N–H and O–H groups in total. The van der Waals surface area contributed by atoms with Gasteiger partial charge in [0.05, 0.1) is 7.11 Å². The lowest BCUT2D eigenvalue weighted by atomic mass is 10.3. The van der Waals surface area contributed by atoms with Crippen molar-refractivity contribution in [2.45, 2.75) is 24.3 Å². The van der Waals surface area contributed by atoms with Crippen LogP contribution in [0.4, 0.5) is 4.39 Å². The number of carbonyl (C=O) groups is 1. The number of benzene rings is 1. The number of methoxy groups -OCH3 is 1. The van der Waals surface area contributed by atoms with Crippen molar-refractivity contribution in [2.24, 2.45) is 0 Å². The lowest BCUT2D eigenvalue weighted by molar-refractivity contribution is -0.142. The summed E-state index contributed by atoms with van der Waals surface area (Å²) < 4.78 is 18.1. The molecule has 0 saturated heterocycles. The highest BCUT2D eigenvalue weighted by Crippen LogP contribution is 2.22. The Hall–Kier alpha value is -1.07. The van der Waals surface area contributed by atoms with E-state index >= 15 is 0 Å². The first kappa shape index (κ1) is 15.0. The third kappa shape index (κ3) is 4.66. The minimum atomic E-state index is -0.403. The molecule has 100 valence electrons. The molecule has 0 saturated carbocycles. The van der Waals surface area contributed by atoms with Gasteiger partial charge in [-0.2, -0.15) is 0 Å². The van der Waals surface area contributed by atoms with Crippen molar-refractivity contribution in [2.75, 3.05) is 19.4 Å². The average Bonchev–Trinajstić information content (AvgIpc) is 2.40. The first-order chi connectivity index (χ1) is 8.69. The summed E-state index contributed by atoms with van der Waals surface area (Å²) in [6.07, 6.45) is 0.928. The molecule has 1 aromatic carbocycles. The van der Waals surface area contributed by atoms with Crippen LogP contribution in [0.15, 0.2) is 29.2 Å². The molecular formula is C13H18FNO2S. The minimum absolute atomic E-state index is 0.262. The summed E-state index contributed by atoms with van der Waals surface area (Å²) in [5.74, 6) is -0.123. The van der Waals surface area contributed by atoms with Crippen molar-refractivity contribution in [1.29, 1.82) is 0 Å². The van der Waals surface area contributed by atoms with Crippen molar-refractivity contribution in [1.82, 2.24) is 5.32 Å². The van der Waals surface area contributed by atoms with Crippen LogP contribution < -0.4 is 5.32 Å². The van der Waals surface area contributed by atoms with E-state index in [-0.39, 0.29) is 11.8 Å². The first-order valence-electron chi connectivity index (χ1n) is 5.87. The number of carbonyl (C=O) groups excluding carboxylic acids is 1. The minimum Gasteiger partial charge on any atom is -0.468 e. The third-order valence-corrected chi connectivity index (χ3v) is 3.51. The molecule has 0 radical (unpaired) electrons. The van der Waals surface area contributed by atoms with Gasteiger partial charge in [-0.1, -0.05) is 19.1 Å². The molecular weight excluding hydrogens is 253 g/mol. The quantitative estimate of drug-likeness (QED) is 0.611. The zero-order valence-electron chi connectivity index (χ0n) is 10.6. The highest BCUT2D eigenvalue weighted by atomic mass is 32.2. The molecule has 3 nitrogen and oxygen atoms in total. The van der Waals surface area contributed by atoms with E-state index in [1.807, 2.05) is 6.92 Å². The fraction of sp³-hybridized carbons (Fsp3) is 0.462. The Kier molecular flexibility index (Phi) is 6.75. The normalized spacial score (nSPS) is 12.2. The van der Waals surface area contributed by atoms with E-state index in [0.717, 1.165) is 13.0 Å². The van der Waals surface area contributed by atoms with Gasteiger partial charge in [-0.05, 0) is 25.1 Å². The zero-order valence-corrected chi connectivity index (χ0v) is 11.4. The summed E-state index contributed by atoms with van der Waals surface area (Å²) in [6, 6.07) is 6.13. The van der Waals surface area contributed by atoms with Gasteiger partial charge in [0, 0.05) is 10.6 Å². The Morgan fingerprint density at radius 3 is 2.83 bits per heavy atom. The molecule has 0 aliphatic carbocycles. The summed E-state index contributed by atoms with van der Waals surface area (Å²) in [5, 5.41) is 3.09. The topological polar surface area (TPSA) is 38.3 Å². The summed E-state index contributed by atoms with van der Waals surface area (Å²) in [7, 11) is 1.36. The summed E-state index contributed by atoms with van der Waals surface area (Å²) >= 11 is 1.31. The zero-order chi connectivity index (χ0) is 13.4. The standard InChI is InChI=1S/C13H18FNO2S/c1-3-8-15-11(13(16)17-2)9-18-12-7-5-4-6-10(12)14/h4-7,11,15H,3,8-9H2,1-2H3. The molecule has 18 heavy (non-hydrogen) atoms. The number of thioether (sulfide) groups is 1. The Morgan fingerprint density at radius 1 is 1.50 bits per heavy atom. The average molecular weight is 271 g/mol. The predicted molar refractivity (Wildman–Crippen MR) is 71.2 cm³/mol. The van der Waals surface area contributed by atoms with Gasteiger partial charge in [0.2, 0.25) is 0 Å². The number of hydrogen-bond acceptors (Lipinski definition) is 4. The van der Waals surface area contributed by atoms with Crippen molar-refractivity contribution >= 4 is 17.7 Å². The summed E-state index contributed by atoms with van der Waals surface area (Å²) in [6.45, 7) is 2.75. The molecule has 0 fully saturated rings. The predicted octanol–water partition coefficient (Wildman–Crippen LogP) is 2.46. The smallest absolute Gasteiger partial charge is 0.323 e. The van der Waals surface area contributed by atoms with Gasteiger partial charge >= 0.3 is 5.97 Å². The van der Waals surface area contributed by atoms with Gasteiger partial charge in [-0.3, -0.25) is 4.79 Å². The van der Waals surface area contributed by atoms with Crippen LogP contribution in [-0.4, -0.2) is 31.4 Å². The molecule has 0 aliphatic heterocycles. The maximum absolute atomic E-state index is 13.4. The highest BCUT2D eigenvalue weighted by molar-refractivity contribution is 7.99. The largest absolute Gasteiger partial charge is 0.468 e. The lowest BCUT2D eigenvalue weighted by Crippen LogP contribution is -2.40. The molecule has 1 aromatic rings. The van der Waals surface area contributed by atoms with Crippen LogP contribution in [-0.2, 0) is 9.53 Å². The number of hydrogen-bond donors (Lipinski definition) is 1. The van der Waals surface area contributed by atoms with E-state index in [1.54, 1.807) is 18.2 Å². The summed E-state index contributed by atoms with van der Waals surface area (Å²) in [4.78, 5) is 12.1. The van der Waals surface area contributed by atoms with Gasteiger partial charge in [-0.15, -0.1) is 11.8 Å². The maximum Gasteiger partial charge on any atom is 0.323 e. The Morgan fingerprint density at radius 2 is 2.22 bits per heavy atom. The second-order valence-electron chi connectivity index (χ2n) is 3.77. The molecule has 5 heteroatoms. The molecule has 0 heterocycles. The van der Waals surface area contributed by atoms with Crippen molar-refractivity contribution in [3.8, 4) is 0 Å². The molecule has 0 aliphatic rings. The van der Waals surface area contributed by atoms with E-state index in [0.29, 0.717) is 10.6 Å². The fourth-order valence-electron chi connectivity index (χ4n) is 1.41. The van der Waals surface area contributed by atoms with Gasteiger partial charge in [0.25, 0.3) is 0 Å². The monoisotopic (exact) mass is 271 g/mol. The van der Waals surface area contributed by atoms with Gasteiger partial charge in [0.15, 0.2) is 0 Å². The second-order valence-corrected chi connectivity index (χ2v) is 4.83. The Balaban J connectivity index is 2.56. The highest BCUT2D eigenvalue weighted by Gasteiger charge is 2.18. The van der Waals surface area contributed by atoms with Crippen molar-refractivity contribution in [3.05, 3.63) is 30.1 Å². The van der Waals surface area contributed by atoms with Crippen LogP contribution in [0.3, 0.4) is 0 Å². The Bertz CT molecular complexity index is 387. The van der Waals surface area contributed by atoms with Crippen LogP contribution in [0.25, 0.3) is 0 Å². The molecule has 0 aromatic heterocycles. The van der Waals surface area contributed by atoms with Gasteiger partial charge < -0.3 is 10.1 Å². The second kappa shape index (κ2) is 8.11. The molecule has 1 atom stereocenters. The lowest BCUT2D eigenvalue weighted by Gasteiger charge is -2.15. The van der Waals surface area contributed by atoms with E-state index in [4.69, 9.17) is 4.74 Å². The van der Waals surface area contributed by atoms with Crippen LogP contribution in [0, 0.1) is 5.82 Å². The maximum atomic E-state index is 13.4. The molecule has 0 bridgehead atoms. The molecule has 1 unspecified atom stereocenters. The van der Waals surface area contributed by atoms with Gasteiger partial charge in [-0.25, -0.2) is 4.39 Å². The SMILES string of the molecule is CCCNC(CSc1ccccc1F)C(=O)OC. The number of rotatable bonds is 7. The van der Waals surface area contributed by atoms with E-state index < -0.39 is 6.04 Å². The van der Waals surface area contributed by atoms with Crippen LogP contribution >= 0.6 is 11.8 Å². The van der Waals surface area contributed by atoms with Gasteiger partial charge in [0.1, 0.15) is 11.9 Å². The van der Waals surface area contributed by atoms with Crippen molar-refractivity contribution < 1.29 is 13.9 Å². The number of esters is 1. The molecule has 1 rings (SSSR count).